The van der Waals surface area contributed by atoms with E-state index < -0.39 is 5.97 Å². The highest BCUT2D eigenvalue weighted by Crippen LogP contribution is 2.13. The van der Waals surface area contributed by atoms with Crippen molar-refractivity contribution in [1.82, 2.24) is 9.88 Å². The molecule has 6 nitrogen and oxygen atoms in total. The lowest BCUT2D eigenvalue weighted by molar-refractivity contribution is -0.131. The Bertz CT molecular complexity index is 499. The molecule has 2 rings (SSSR count). The van der Waals surface area contributed by atoms with Crippen molar-refractivity contribution < 1.29 is 14.3 Å². The van der Waals surface area contributed by atoms with Crippen LogP contribution in [0.1, 0.15) is 36.0 Å². The maximum atomic E-state index is 12.0. The van der Waals surface area contributed by atoms with E-state index in [-0.39, 0.29) is 5.91 Å². The topological polar surface area (TPSA) is 71.5 Å². The van der Waals surface area contributed by atoms with E-state index in [4.69, 9.17) is 4.74 Å². The third-order valence-electron chi connectivity index (χ3n) is 3.55. The Labute approximate surface area is 124 Å². The summed E-state index contributed by atoms with van der Waals surface area (Å²) in [5.41, 5.74) is 0.380. The molecular weight excluding hydrogens is 270 g/mol. The van der Waals surface area contributed by atoms with Gasteiger partial charge in [-0.1, -0.05) is 0 Å². The van der Waals surface area contributed by atoms with Gasteiger partial charge in [0.15, 0.2) is 0 Å². The molecule has 0 atom stereocenters. The fourth-order valence-electron chi connectivity index (χ4n) is 2.41. The normalized spacial score (nSPS) is 14.6. The Hall–Kier alpha value is -2.11. The minimum Gasteiger partial charge on any atom is -0.465 e. The van der Waals surface area contributed by atoms with Gasteiger partial charge in [0.1, 0.15) is 11.4 Å². The second-order valence-electron chi connectivity index (χ2n) is 5.01. The van der Waals surface area contributed by atoms with Crippen molar-refractivity contribution in [2.45, 2.75) is 25.7 Å². The molecule has 1 N–H and O–H groups in total. The lowest BCUT2D eigenvalue weighted by Gasteiger charge is -2.26. The molecule has 1 aliphatic heterocycles. The number of aromatic nitrogens is 1. The Morgan fingerprint density at radius 1 is 1.33 bits per heavy atom. The summed E-state index contributed by atoms with van der Waals surface area (Å²) in [4.78, 5) is 29.7. The van der Waals surface area contributed by atoms with E-state index in [1.54, 1.807) is 18.3 Å². The summed E-state index contributed by atoms with van der Waals surface area (Å²) in [6, 6.07) is 3.32. The molecule has 2 heterocycles. The number of nitrogens with one attached hydrogen (secondary N) is 1. The third kappa shape index (κ3) is 4.18. The number of carbonyl (C=O) groups excluding carboxylic acids is 2. The van der Waals surface area contributed by atoms with Crippen LogP contribution in [-0.2, 0) is 9.53 Å². The van der Waals surface area contributed by atoms with Crippen molar-refractivity contribution in [3.63, 3.8) is 0 Å². The largest absolute Gasteiger partial charge is 0.465 e. The number of hydrogen-bond acceptors (Lipinski definition) is 5. The zero-order valence-corrected chi connectivity index (χ0v) is 12.3. The summed E-state index contributed by atoms with van der Waals surface area (Å²) in [6.45, 7) is 2.17. The van der Waals surface area contributed by atoms with E-state index in [1.807, 2.05) is 4.90 Å². The van der Waals surface area contributed by atoms with Gasteiger partial charge >= 0.3 is 5.97 Å². The molecule has 0 unspecified atom stereocenters. The molecule has 0 radical (unpaired) electrons. The average Bonchev–Trinajstić information content (AvgIpc) is 2.55. The first kappa shape index (κ1) is 15.3. The van der Waals surface area contributed by atoms with Crippen LogP contribution in [0, 0.1) is 0 Å². The molecule has 1 aromatic heterocycles. The minimum absolute atomic E-state index is 0.151. The number of amides is 1. The highest BCUT2D eigenvalue weighted by atomic mass is 16.5. The summed E-state index contributed by atoms with van der Waals surface area (Å²) < 4.78 is 4.71. The van der Waals surface area contributed by atoms with E-state index in [1.165, 1.54) is 13.5 Å². The van der Waals surface area contributed by atoms with Crippen LogP contribution in [0.15, 0.2) is 18.3 Å². The quantitative estimate of drug-likeness (QED) is 0.836. The highest BCUT2D eigenvalue weighted by molar-refractivity contribution is 5.94. The van der Waals surface area contributed by atoms with Gasteiger partial charge in [0.05, 0.1) is 7.11 Å². The van der Waals surface area contributed by atoms with Crippen molar-refractivity contribution in [3.05, 3.63) is 23.9 Å². The number of methoxy groups -OCH3 is 1. The smallest absolute Gasteiger partial charge is 0.341 e. The standard InChI is InChI=1S/C15H21N3O3/c1-21-15(20)12-6-5-8-16-14(12)17-9-7-13(19)18-10-3-2-4-11-18/h5-6,8H,2-4,7,9-11H2,1H3,(H,16,17). The van der Waals surface area contributed by atoms with Crippen LogP contribution in [0.4, 0.5) is 5.82 Å². The molecule has 21 heavy (non-hydrogen) atoms. The highest BCUT2D eigenvalue weighted by Gasteiger charge is 2.17. The lowest BCUT2D eigenvalue weighted by Crippen LogP contribution is -2.36. The molecule has 1 aromatic rings. The predicted molar refractivity (Wildman–Crippen MR) is 79.1 cm³/mol. The maximum Gasteiger partial charge on any atom is 0.341 e. The van der Waals surface area contributed by atoms with Gasteiger partial charge in [-0.05, 0) is 31.4 Å². The number of esters is 1. The molecule has 1 amide bonds. The molecule has 114 valence electrons. The average molecular weight is 291 g/mol. The number of nitrogens with zero attached hydrogens (tertiary/aromatic N) is 2. The molecule has 6 heteroatoms. The number of hydrogen-bond donors (Lipinski definition) is 1. The van der Waals surface area contributed by atoms with E-state index >= 15 is 0 Å². The van der Waals surface area contributed by atoms with Gasteiger partial charge in [0, 0.05) is 32.3 Å². The number of piperidine rings is 1. The van der Waals surface area contributed by atoms with Gasteiger partial charge < -0.3 is 15.0 Å². The summed E-state index contributed by atoms with van der Waals surface area (Å²) in [7, 11) is 1.33. The summed E-state index contributed by atoms with van der Waals surface area (Å²) in [6.07, 6.45) is 5.38. The van der Waals surface area contributed by atoms with Gasteiger partial charge in [0.25, 0.3) is 0 Å². The molecule has 0 spiro atoms. The second-order valence-corrected chi connectivity index (χ2v) is 5.01. The van der Waals surface area contributed by atoms with Crippen LogP contribution in [-0.4, -0.2) is 48.5 Å². The monoisotopic (exact) mass is 291 g/mol. The van der Waals surface area contributed by atoms with E-state index in [2.05, 4.69) is 10.3 Å². The number of pyridine rings is 1. The molecule has 1 fully saturated rings. The predicted octanol–water partition coefficient (Wildman–Crippen LogP) is 1.68. The Balaban J connectivity index is 1.85. The third-order valence-corrected chi connectivity index (χ3v) is 3.55. The molecular formula is C15H21N3O3. The zero-order valence-electron chi connectivity index (χ0n) is 12.3. The molecule has 0 bridgehead atoms. The first-order valence-corrected chi connectivity index (χ1v) is 7.27. The Kier molecular flexibility index (Phi) is 5.54. The lowest BCUT2D eigenvalue weighted by atomic mass is 10.1. The minimum atomic E-state index is -0.437. The van der Waals surface area contributed by atoms with Gasteiger partial charge in [-0.15, -0.1) is 0 Å². The van der Waals surface area contributed by atoms with Crippen molar-refractivity contribution in [2.75, 3.05) is 32.1 Å². The van der Waals surface area contributed by atoms with Crippen LogP contribution >= 0.6 is 0 Å². The number of likely N-dealkylation sites (tertiary alicyclic amines) is 1. The second kappa shape index (κ2) is 7.61. The maximum absolute atomic E-state index is 12.0. The molecule has 1 saturated heterocycles. The summed E-state index contributed by atoms with van der Waals surface area (Å²) >= 11 is 0. The van der Waals surface area contributed by atoms with Crippen molar-refractivity contribution in [3.8, 4) is 0 Å². The zero-order chi connectivity index (χ0) is 15.1. The van der Waals surface area contributed by atoms with Gasteiger partial charge in [0.2, 0.25) is 5.91 Å². The number of ether oxygens (including phenoxy) is 1. The Morgan fingerprint density at radius 3 is 2.81 bits per heavy atom. The molecule has 0 aliphatic carbocycles. The first-order valence-electron chi connectivity index (χ1n) is 7.27. The summed E-state index contributed by atoms with van der Waals surface area (Å²) in [5.74, 6) is 0.168. The van der Waals surface area contributed by atoms with Gasteiger partial charge in [-0.2, -0.15) is 0 Å². The van der Waals surface area contributed by atoms with E-state index in [0.29, 0.717) is 24.3 Å². The van der Waals surface area contributed by atoms with Crippen molar-refractivity contribution in [2.24, 2.45) is 0 Å². The first-order chi connectivity index (χ1) is 10.2. The molecule has 0 saturated carbocycles. The fourth-order valence-corrected chi connectivity index (χ4v) is 2.41. The van der Waals surface area contributed by atoms with Gasteiger partial charge in [-0.25, -0.2) is 9.78 Å². The van der Waals surface area contributed by atoms with Crippen LogP contribution in [0.25, 0.3) is 0 Å². The Morgan fingerprint density at radius 2 is 2.10 bits per heavy atom. The van der Waals surface area contributed by atoms with Crippen LogP contribution in [0.5, 0.6) is 0 Å². The molecule has 1 aliphatic rings. The number of carbonyl (C=O) groups is 2. The summed E-state index contributed by atoms with van der Waals surface area (Å²) in [5, 5.41) is 3.04. The fraction of sp³-hybridized carbons (Fsp3) is 0.533. The number of anilines is 1. The van der Waals surface area contributed by atoms with E-state index in [9.17, 15) is 9.59 Å². The van der Waals surface area contributed by atoms with Gasteiger partial charge in [-0.3, -0.25) is 4.79 Å². The van der Waals surface area contributed by atoms with E-state index in [0.717, 1.165) is 25.9 Å². The van der Waals surface area contributed by atoms with Crippen LogP contribution < -0.4 is 5.32 Å². The van der Waals surface area contributed by atoms with Crippen LogP contribution in [0.2, 0.25) is 0 Å². The van der Waals surface area contributed by atoms with Crippen molar-refractivity contribution in [1.29, 1.82) is 0 Å². The van der Waals surface area contributed by atoms with Crippen molar-refractivity contribution >= 4 is 17.7 Å². The SMILES string of the molecule is COC(=O)c1cccnc1NCCC(=O)N1CCCCC1. The number of rotatable bonds is 5. The van der Waals surface area contributed by atoms with Crippen LogP contribution in [0.3, 0.4) is 0 Å². The molecule has 0 aromatic carbocycles.